The first-order valence-electron chi connectivity index (χ1n) is 8.00. The fourth-order valence-electron chi connectivity index (χ4n) is 2.15. The van der Waals surface area contributed by atoms with E-state index in [0.717, 1.165) is 50.0 Å². The number of rotatable bonds is 10. The first-order chi connectivity index (χ1) is 11.3. The molecule has 0 saturated carbocycles. The Morgan fingerprint density at radius 2 is 2.17 bits per heavy atom. The number of hydrogen-bond donors (Lipinski definition) is 4. The number of aryl methyl sites for hydroxylation is 2. The number of hydrogen-bond acceptors (Lipinski definition) is 4. The number of nitrogens with one attached hydrogen (secondary N) is 3. The molecule has 23 heavy (non-hydrogen) atoms. The number of nitrogens with two attached hydrogens (primary N) is 1. The van der Waals surface area contributed by atoms with Crippen LogP contribution in [-0.4, -0.2) is 34.0 Å². The van der Waals surface area contributed by atoms with Crippen molar-refractivity contribution in [3.8, 4) is 0 Å². The number of guanidine groups is 1. The van der Waals surface area contributed by atoms with Crippen LogP contribution >= 0.6 is 0 Å². The van der Waals surface area contributed by atoms with Crippen LogP contribution in [0.3, 0.4) is 0 Å². The minimum atomic E-state index is 0.430. The van der Waals surface area contributed by atoms with Crippen molar-refractivity contribution in [3.63, 3.8) is 0 Å². The van der Waals surface area contributed by atoms with Crippen molar-refractivity contribution >= 4 is 5.96 Å². The Morgan fingerprint density at radius 3 is 2.96 bits per heavy atom. The van der Waals surface area contributed by atoms with Gasteiger partial charge in [-0.2, -0.15) is 0 Å². The van der Waals surface area contributed by atoms with Crippen molar-refractivity contribution in [1.29, 1.82) is 0 Å². The maximum atomic E-state index is 5.79. The summed E-state index contributed by atoms with van der Waals surface area (Å²) >= 11 is 0. The number of aromatic amines is 1. The predicted octanol–water partition coefficient (Wildman–Crippen LogP) is 1.17. The predicted molar refractivity (Wildman–Crippen MR) is 91.7 cm³/mol. The van der Waals surface area contributed by atoms with Crippen molar-refractivity contribution in [2.24, 2.45) is 10.7 Å². The van der Waals surface area contributed by atoms with E-state index in [1.807, 2.05) is 24.5 Å². The monoisotopic (exact) mass is 315 g/mol. The minimum Gasteiger partial charge on any atom is -0.369 e. The highest BCUT2D eigenvalue weighted by Crippen LogP contribution is 2.00. The Bertz CT molecular complexity index is 551. The van der Waals surface area contributed by atoms with Crippen molar-refractivity contribution < 1.29 is 0 Å². The number of hydrazine groups is 1. The van der Waals surface area contributed by atoms with Crippen LogP contribution in [0.1, 0.15) is 30.7 Å². The maximum Gasteiger partial charge on any atom is 0.203 e. The molecule has 2 aromatic heterocycles. The highest BCUT2D eigenvalue weighted by molar-refractivity contribution is 5.77. The molecule has 5 N–H and O–H groups in total. The molecule has 0 unspecified atom stereocenters. The summed E-state index contributed by atoms with van der Waals surface area (Å²) < 4.78 is 0. The quantitative estimate of drug-likeness (QED) is 0.228. The van der Waals surface area contributed by atoms with Gasteiger partial charge in [0.15, 0.2) is 0 Å². The number of aliphatic imine (C=N–C) groups is 1. The van der Waals surface area contributed by atoms with Crippen molar-refractivity contribution in [1.82, 2.24) is 25.8 Å². The number of H-pyrrole nitrogens is 1. The summed E-state index contributed by atoms with van der Waals surface area (Å²) in [6.45, 7) is 1.54. The zero-order valence-corrected chi connectivity index (χ0v) is 13.3. The molecule has 0 fully saturated rings. The molecule has 0 saturated heterocycles. The Balaban J connectivity index is 1.46. The first kappa shape index (κ1) is 17.0. The molecule has 0 spiro atoms. The van der Waals surface area contributed by atoms with E-state index in [1.54, 1.807) is 6.33 Å². The summed E-state index contributed by atoms with van der Waals surface area (Å²) in [4.78, 5) is 15.6. The molecule has 0 bridgehead atoms. The average molecular weight is 315 g/mol. The van der Waals surface area contributed by atoms with Crippen molar-refractivity contribution in [2.75, 3.05) is 13.1 Å². The van der Waals surface area contributed by atoms with Gasteiger partial charge in [0, 0.05) is 36.9 Å². The number of nitrogens with zero attached hydrogens (tertiary/aromatic N) is 3. The zero-order chi connectivity index (χ0) is 16.2. The summed E-state index contributed by atoms with van der Waals surface area (Å²) in [6, 6.07) is 6.01. The average Bonchev–Trinajstić information content (AvgIpc) is 3.09. The molecular formula is C16H25N7. The van der Waals surface area contributed by atoms with Crippen LogP contribution in [-0.2, 0) is 12.8 Å². The lowest BCUT2D eigenvalue weighted by Gasteiger charge is -2.07. The van der Waals surface area contributed by atoms with E-state index in [9.17, 15) is 0 Å². The maximum absolute atomic E-state index is 5.79. The van der Waals surface area contributed by atoms with Gasteiger partial charge < -0.3 is 10.7 Å². The molecule has 124 valence electrons. The summed E-state index contributed by atoms with van der Waals surface area (Å²) in [5, 5.41) is 0. The second-order valence-electron chi connectivity index (χ2n) is 5.28. The Hall–Kier alpha value is -2.41. The fourth-order valence-corrected chi connectivity index (χ4v) is 2.15. The topological polar surface area (TPSA) is 104 Å². The van der Waals surface area contributed by atoms with Gasteiger partial charge in [-0.25, -0.2) is 10.4 Å². The summed E-state index contributed by atoms with van der Waals surface area (Å²) in [6.07, 6.45) is 10.4. The summed E-state index contributed by atoms with van der Waals surface area (Å²) in [7, 11) is 0. The highest BCUT2D eigenvalue weighted by Gasteiger charge is 1.96. The van der Waals surface area contributed by atoms with Gasteiger partial charge in [0.25, 0.3) is 0 Å². The van der Waals surface area contributed by atoms with Crippen LogP contribution in [0, 0.1) is 0 Å². The Morgan fingerprint density at radius 1 is 1.22 bits per heavy atom. The van der Waals surface area contributed by atoms with Gasteiger partial charge in [-0.1, -0.05) is 6.07 Å². The third-order valence-corrected chi connectivity index (χ3v) is 3.37. The number of aromatic nitrogens is 3. The van der Waals surface area contributed by atoms with Gasteiger partial charge in [0.2, 0.25) is 5.96 Å². The standard InChI is InChI=1S/C16H25N7/c17-16(20-10-5-8-15-12-18-13-21-15)23-22-11-4-2-7-14-6-1-3-9-19-14/h1,3,6,9,12-13,22H,2,4-5,7-8,10-11H2,(H,18,21)(H3,17,20,23). The first-order valence-corrected chi connectivity index (χ1v) is 8.00. The molecule has 0 radical (unpaired) electrons. The normalized spacial score (nSPS) is 11.6. The number of unbranched alkanes of at least 4 members (excludes halogenated alkanes) is 1. The molecule has 7 nitrogen and oxygen atoms in total. The summed E-state index contributed by atoms with van der Waals surface area (Å²) in [5.74, 6) is 0.430. The minimum absolute atomic E-state index is 0.430. The van der Waals surface area contributed by atoms with Crippen molar-refractivity contribution in [2.45, 2.75) is 32.1 Å². The van der Waals surface area contributed by atoms with Crippen LogP contribution in [0.5, 0.6) is 0 Å². The van der Waals surface area contributed by atoms with Gasteiger partial charge in [0.1, 0.15) is 0 Å². The van der Waals surface area contributed by atoms with Crippen molar-refractivity contribution in [3.05, 3.63) is 48.3 Å². The lowest BCUT2D eigenvalue weighted by molar-refractivity contribution is 0.591. The molecule has 0 aliphatic carbocycles. The number of imidazole rings is 1. The second kappa shape index (κ2) is 10.3. The number of pyridine rings is 1. The largest absolute Gasteiger partial charge is 0.369 e. The summed E-state index contributed by atoms with van der Waals surface area (Å²) in [5.41, 5.74) is 14.0. The third-order valence-electron chi connectivity index (χ3n) is 3.37. The van der Waals surface area contributed by atoms with Gasteiger partial charge >= 0.3 is 0 Å². The van der Waals surface area contributed by atoms with E-state index in [0.29, 0.717) is 12.5 Å². The van der Waals surface area contributed by atoms with Gasteiger partial charge in [-0.15, -0.1) is 0 Å². The molecule has 0 atom stereocenters. The molecule has 2 rings (SSSR count). The van der Waals surface area contributed by atoms with E-state index in [-0.39, 0.29) is 0 Å². The molecule has 2 heterocycles. The molecule has 0 aromatic carbocycles. The van der Waals surface area contributed by atoms with E-state index in [2.05, 4.69) is 36.9 Å². The van der Waals surface area contributed by atoms with E-state index in [4.69, 9.17) is 5.73 Å². The van der Waals surface area contributed by atoms with E-state index in [1.165, 1.54) is 0 Å². The molecular weight excluding hydrogens is 290 g/mol. The van der Waals surface area contributed by atoms with Crippen LogP contribution in [0.25, 0.3) is 0 Å². The van der Waals surface area contributed by atoms with Gasteiger partial charge in [0.05, 0.1) is 6.33 Å². The fraction of sp³-hybridized carbons (Fsp3) is 0.438. The van der Waals surface area contributed by atoms with Gasteiger partial charge in [-0.3, -0.25) is 15.4 Å². The zero-order valence-electron chi connectivity index (χ0n) is 13.3. The van der Waals surface area contributed by atoms with E-state index < -0.39 is 0 Å². The van der Waals surface area contributed by atoms with Crippen LogP contribution in [0.15, 0.2) is 41.9 Å². The SMILES string of the molecule is NC(=NCCCc1cnc[nH]1)NNCCCCc1ccccn1. The Kier molecular flexibility index (Phi) is 7.62. The molecule has 0 aliphatic rings. The molecule has 7 heteroatoms. The van der Waals surface area contributed by atoms with Gasteiger partial charge in [-0.05, 0) is 44.2 Å². The van der Waals surface area contributed by atoms with Crippen LogP contribution < -0.4 is 16.6 Å². The lowest BCUT2D eigenvalue weighted by atomic mass is 10.2. The van der Waals surface area contributed by atoms with Crippen LogP contribution in [0.4, 0.5) is 0 Å². The lowest BCUT2D eigenvalue weighted by Crippen LogP contribution is -2.42. The molecule has 2 aromatic rings. The van der Waals surface area contributed by atoms with E-state index >= 15 is 0 Å². The third kappa shape index (κ3) is 7.42. The smallest absolute Gasteiger partial charge is 0.203 e. The van der Waals surface area contributed by atoms with Crippen LogP contribution in [0.2, 0.25) is 0 Å². The highest BCUT2D eigenvalue weighted by atomic mass is 15.4. The Labute approximate surface area is 136 Å². The second-order valence-corrected chi connectivity index (χ2v) is 5.28. The molecule has 0 aliphatic heterocycles. The molecule has 0 amide bonds.